The summed E-state index contributed by atoms with van der Waals surface area (Å²) in [5, 5.41) is 0.822. The van der Waals surface area contributed by atoms with Gasteiger partial charge in [0.05, 0.1) is 12.8 Å². The zero-order valence-electron chi connectivity index (χ0n) is 8.54. The van der Waals surface area contributed by atoms with Crippen molar-refractivity contribution in [2.45, 2.75) is 30.8 Å². The molecule has 76 valence electrons. The number of fused-ring (bicyclic) bond motifs is 1. The number of aromatic nitrogens is 2. The van der Waals surface area contributed by atoms with Crippen LogP contribution in [0.1, 0.15) is 24.1 Å². The molecule has 2 rings (SSSR count). The molecule has 0 saturated heterocycles. The van der Waals surface area contributed by atoms with Crippen molar-refractivity contribution in [1.82, 2.24) is 9.97 Å². The second kappa shape index (κ2) is 4.17. The lowest BCUT2D eigenvalue weighted by atomic mass is 9.97. The number of nitrogens with zero attached hydrogens (tertiary/aromatic N) is 2. The SMILES string of the molecule is COc1nc(SC)nc2c1CCCC2. The van der Waals surface area contributed by atoms with Crippen LogP contribution in [0.15, 0.2) is 5.16 Å². The van der Waals surface area contributed by atoms with Crippen molar-refractivity contribution in [3.8, 4) is 5.88 Å². The van der Waals surface area contributed by atoms with Gasteiger partial charge in [-0.3, -0.25) is 0 Å². The summed E-state index contributed by atoms with van der Waals surface area (Å²) in [6, 6.07) is 0. The second-order valence-electron chi connectivity index (χ2n) is 3.35. The summed E-state index contributed by atoms with van der Waals surface area (Å²) in [6.07, 6.45) is 6.59. The molecular formula is C10H14N2OS. The van der Waals surface area contributed by atoms with Gasteiger partial charge in [-0.15, -0.1) is 0 Å². The summed E-state index contributed by atoms with van der Waals surface area (Å²) in [5.74, 6) is 0.777. The summed E-state index contributed by atoms with van der Waals surface area (Å²) < 4.78 is 5.29. The molecule has 1 aromatic heterocycles. The third kappa shape index (κ3) is 1.71. The Kier molecular flexibility index (Phi) is 2.91. The molecule has 1 aliphatic carbocycles. The first kappa shape index (κ1) is 9.77. The van der Waals surface area contributed by atoms with E-state index >= 15 is 0 Å². The summed E-state index contributed by atoms with van der Waals surface area (Å²) in [7, 11) is 1.68. The summed E-state index contributed by atoms with van der Waals surface area (Å²) in [4.78, 5) is 8.86. The van der Waals surface area contributed by atoms with E-state index in [0.29, 0.717) is 0 Å². The molecule has 0 aliphatic heterocycles. The van der Waals surface area contributed by atoms with Crippen LogP contribution in [0.3, 0.4) is 0 Å². The van der Waals surface area contributed by atoms with E-state index in [4.69, 9.17) is 4.74 Å². The number of ether oxygens (including phenoxy) is 1. The highest BCUT2D eigenvalue weighted by molar-refractivity contribution is 7.98. The van der Waals surface area contributed by atoms with Gasteiger partial charge < -0.3 is 4.74 Å². The Morgan fingerprint density at radius 1 is 1.21 bits per heavy atom. The van der Waals surface area contributed by atoms with Crippen molar-refractivity contribution in [1.29, 1.82) is 0 Å². The van der Waals surface area contributed by atoms with Gasteiger partial charge in [-0.2, -0.15) is 4.98 Å². The molecule has 0 unspecified atom stereocenters. The summed E-state index contributed by atoms with van der Waals surface area (Å²) in [5.41, 5.74) is 2.41. The lowest BCUT2D eigenvalue weighted by molar-refractivity contribution is 0.381. The van der Waals surface area contributed by atoms with Crippen molar-refractivity contribution in [3.05, 3.63) is 11.3 Å². The number of aryl methyl sites for hydroxylation is 1. The van der Waals surface area contributed by atoms with Gasteiger partial charge in [0, 0.05) is 5.56 Å². The van der Waals surface area contributed by atoms with E-state index in [0.717, 1.165) is 23.9 Å². The van der Waals surface area contributed by atoms with Crippen molar-refractivity contribution in [2.24, 2.45) is 0 Å². The van der Waals surface area contributed by atoms with Gasteiger partial charge in [-0.1, -0.05) is 11.8 Å². The number of rotatable bonds is 2. The van der Waals surface area contributed by atoms with E-state index in [9.17, 15) is 0 Å². The van der Waals surface area contributed by atoms with Gasteiger partial charge in [0.2, 0.25) is 5.88 Å². The van der Waals surface area contributed by atoms with Gasteiger partial charge in [0.25, 0.3) is 0 Å². The molecule has 0 spiro atoms. The van der Waals surface area contributed by atoms with Crippen LogP contribution in [0, 0.1) is 0 Å². The lowest BCUT2D eigenvalue weighted by Crippen LogP contribution is -2.10. The minimum absolute atomic E-state index is 0.777. The maximum atomic E-state index is 5.29. The standard InChI is InChI=1S/C10H14N2OS/c1-13-9-7-5-3-4-6-8(7)11-10(12-9)14-2/h3-6H2,1-2H3. The molecule has 1 aromatic rings. The van der Waals surface area contributed by atoms with Crippen LogP contribution in [-0.4, -0.2) is 23.3 Å². The predicted octanol–water partition coefficient (Wildman–Crippen LogP) is 2.09. The minimum atomic E-state index is 0.777. The van der Waals surface area contributed by atoms with Crippen LogP contribution in [-0.2, 0) is 12.8 Å². The summed E-state index contributed by atoms with van der Waals surface area (Å²) in [6.45, 7) is 0. The topological polar surface area (TPSA) is 35.0 Å². The number of hydrogen-bond acceptors (Lipinski definition) is 4. The number of methoxy groups -OCH3 is 1. The Morgan fingerprint density at radius 2 is 2.00 bits per heavy atom. The van der Waals surface area contributed by atoms with Crippen LogP contribution in [0.5, 0.6) is 5.88 Å². The van der Waals surface area contributed by atoms with E-state index in [1.807, 2.05) is 6.26 Å². The summed E-state index contributed by atoms with van der Waals surface area (Å²) >= 11 is 1.57. The van der Waals surface area contributed by atoms with Gasteiger partial charge in [-0.05, 0) is 31.9 Å². The average Bonchev–Trinajstić information content (AvgIpc) is 2.27. The van der Waals surface area contributed by atoms with Gasteiger partial charge in [0.1, 0.15) is 0 Å². The van der Waals surface area contributed by atoms with Crippen LogP contribution in [0.2, 0.25) is 0 Å². The number of hydrogen-bond donors (Lipinski definition) is 0. The maximum absolute atomic E-state index is 5.29. The molecule has 0 saturated carbocycles. The smallest absolute Gasteiger partial charge is 0.220 e. The fourth-order valence-corrected chi connectivity index (χ4v) is 2.17. The first-order valence-electron chi connectivity index (χ1n) is 4.83. The van der Waals surface area contributed by atoms with Crippen molar-refractivity contribution in [2.75, 3.05) is 13.4 Å². The highest BCUT2D eigenvalue weighted by Crippen LogP contribution is 2.28. The van der Waals surface area contributed by atoms with E-state index in [-0.39, 0.29) is 0 Å². The first-order valence-corrected chi connectivity index (χ1v) is 6.05. The predicted molar refractivity (Wildman–Crippen MR) is 57.0 cm³/mol. The van der Waals surface area contributed by atoms with Crippen LogP contribution < -0.4 is 4.74 Å². The first-order chi connectivity index (χ1) is 6.85. The van der Waals surface area contributed by atoms with Crippen molar-refractivity contribution in [3.63, 3.8) is 0 Å². The molecule has 3 nitrogen and oxygen atoms in total. The Hall–Kier alpha value is -0.770. The van der Waals surface area contributed by atoms with Crippen LogP contribution in [0.4, 0.5) is 0 Å². The molecule has 1 aliphatic rings. The molecule has 0 N–H and O–H groups in total. The monoisotopic (exact) mass is 210 g/mol. The van der Waals surface area contributed by atoms with E-state index in [1.165, 1.54) is 24.1 Å². The molecule has 0 aromatic carbocycles. The van der Waals surface area contributed by atoms with E-state index < -0.39 is 0 Å². The normalized spacial score (nSPS) is 15.0. The van der Waals surface area contributed by atoms with Crippen molar-refractivity contribution >= 4 is 11.8 Å². The molecule has 0 atom stereocenters. The molecular weight excluding hydrogens is 196 g/mol. The molecule has 0 radical (unpaired) electrons. The molecule has 0 fully saturated rings. The molecule has 0 amide bonds. The Labute approximate surface area is 88.3 Å². The quantitative estimate of drug-likeness (QED) is 0.553. The van der Waals surface area contributed by atoms with Crippen LogP contribution >= 0.6 is 11.8 Å². The zero-order valence-corrected chi connectivity index (χ0v) is 9.36. The molecule has 4 heteroatoms. The Bertz CT molecular complexity index is 324. The zero-order chi connectivity index (χ0) is 9.97. The lowest BCUT2D eigenvalue weighted by Gasteiger charge is -2.17. The van der Waals surface area contributed by atoms with Gasteiger partial charge >= 0.3 is 0 Å². The number of thioether (sulfide) groups is 1. The van der Waals surface area contributed by atoms with Gasteiger partial charge in [-0.25, -0.2) is 4.98 Å². The highest BCUT2D eigenvalue weighted by Gasteiger charge is 2.17. The molecule has 14 heavy (non-hydrogen) atoms. The van der Waals surface area contributed by atoms with E-state index in [2.05, 4.69) is 9.97 Å². The third-order valence-electron chi connectivity index (χ3n) is 2.50. The largest absolute Gasteiger partial charge is 0.481 e. The Morgan fingerprint density at radius 3 is 2.71 bits per heavy atom. The van der Waals surface area contributed by atoms with E-state index in [1.54, 1.807) is 18.9 Å². The third-order valence-corrected chi connectivity index (χ3v) is 3.05. The fraction of sp³-hybridized carbons (Fsp3) is 0.600. The average molecular weight is 210 g/mol. The second-order valence-corrected chi connectivity index (χ2v) is 4.13. The van der Waals surface area contributed by atoms with Crippen LogP contribution in [0.25, 0.3) is 0 Å². The van der Waals surface area contributed by atoms with Crippen molar-refractivity contribution < 1.29 is 4.74 Å². The minimum Gasteiger partial charge on any atom is -0.481 e. The maximum Gasteiger partial charge on any atom is 0.220 e. The fourth-order valence-electron chi connectivity index (χ4n) is 1.80. The molecule has 1 heterocycles. The highest BCUT2D eigenvalue weighted by atomic mass is 32.2. The Balaban J connectivity index is 2.47. The molecule has 0 bridgehead atoms. The van der Waals surface area contributed by atoms with Gasteiger partial charge in [0.15, 0.2) is 5.16 Å².